The molecule has 222 valence electrons. The number of morpholine rings is 1. The number of urea groups is 1. The average Bonchev–Trinajstić information content (AvgIpc) is 3.49. The number of aromatic nitrogens is 2. The molecule has 3 aromatic carbocycles. The number of nitrogens with zero attached hydrogens (tertiary/aromatic N) is 3. The monoisotopic (exact) mass is 571 g/mol. The lowest BCUT2D eigenvalue weighted by molar-refractivity contribution is -0.0627. The lowest BCUT2D eigenvalue weighted by atomic mass is 9.86. The second kappa shape index (κ2) is 12.9. The van der Waals surface area contributed by atoms with Gasteiger partial charge in [-0.15, -0.1) is 0 Å². The Morgan fingerprint density at radius 2 is 1.95 bits per heavy atom. The summed E-state index contributed by atoms with van der Waals surface area (Å²) in [6, 6.07) is 19.6. The van der Waals surface area contributed by atoms with E-state index in [0.717, 1.165) is 53.0 Å². The molecule has 0 radical (unpaired) electrons. The minimum atomic E-state index is -0.287. The Bertz CT molecular complexity index is 1500. The molecule has 0 aliphatic carbocycles. The molecule has 1 saturated heterocycles. The number of aromatic amines is 1. The van der Waals surface area contributed by atoms with Gasteiger partial charge in [-0.1, -0.05) is 57.2 Å². The summed E-state index contributed by atoms with van der Waals surface area (Å²) in [7, 11) is 1.70. The molecule has 9 nitrogen and oxygen atoms in total. The SMILES string of the molecule is COCC1CN(CCOc2ccc(NC(=O)N(c3ccn[nH]3)c3cc(C(C)(C)C)ccc3C)c3ccccc23)CCO1. The van der Waals surface area contributed by atoms with Gasteiger partial charge in [-0.05, 0) is 41.7 Å². The number of carbonyl (C=O) groups excluding carboxylic acids is 1. The van der Waals surface area contributed by atoms with E-state index in [1.807, 2.05) is 43.3 Å². The van der Waals surface area contributed by atoms with Gasteiger partial charge in [0.1, 0.15) is 18.2 Å². The number of rotatable bonds is 9. The average molecular weight is 572 g/mol. The summed E-state index contributed by atoms with van der Waals surface area (Å²) < 4.78 is 17.3. The lowest BCUT2D eigenvalue weighted by Gasteiger charge is -2.32. The van der Waals surface area contributed by atoms with Crippen molar-refractivity contribution >= 4 is 34.0 Å². The Balaban J connectivity index is 1.36. The van der Waals surface area contributed by atoms with E-state index in [9.17, 15) is 4.79 Å². The van der Waals surface area contributed by atoms with Crippen molar-refractivity contribution in [2.24, 2.45) is 0 Å². The van der Waals surface area contributed by atoms with Crippen LogP contribution in [-0.4, -0.2) is 73.8 Å². The molecule has 2 N–H and O–H groups in total. The van der Waals surface area contributed by atoms with Crippen LogP contribution in [-0.2, 0) is 14.9 Å². The van der Waals surface area contributed by atoms with E-state index in [4.69, 9.17) is 14.2 Å². The van der Waals surface area contributed by atoms with Gasteiger partial charge in [0, 0.05) is 43.6 Å². The first-order valence-electron chi connectivity index (χ1n) is 14.4. The van der Waals surface area contributed by atoms with Crippen LogP contribution in [0.5, 0.6) is 5.75 Å². The van der Waals surface area contributed by atoms with Crippen LogP contribution in [0.25, 0.3) is 10.8 Å². The number of benzene rings is 3. The predicted octanol–water partition coefficient (Wildman–Crippen LogP) is 6.27. The van der Waals surface area contributed by atoms with E-state index >= 15 is 0 Å². The first kappa shape index (κ1) is 29.6. The quantitative estimate of drug-likeness (QED) is 0.246. The molecule has 0 bridgehead atoms. The van der Waals surface area contributed by atoms with Crippen molar-refractivity contribution in [1.82, 2.24) is 15.1 Å². The standard InChI is InChI=1S/C33H41N5O4/c1-23-10-11-24(33(2,3)4)20-29(23)38(31-14-15-34-36-31)32(39)35-28-12-13-30(27-9-7-6-8-26(27)28)42-19-17-37-16-18-41-25(21-37)22-40-5/h6-15,20,25H,16-19,21-22H2,1-5H3,(H,34,36)(H,35,39). The predicted molar refractivity (Wildman–Crippen MR) is 167 cm³/mol. The van der Waals surface area contributed by atoms with E-state index in [1.165, 1.54) is 0 Å². The van der Waals surface area contributed by atoms with Gasteiger partial charge >= 0.3 is 6.03 Å². The molecular formula is C33H41N5O4. The molecule has 1 aliphatic heterocycles. The zero-order valence-electron chi connectivity index (χ0n) is 25.1. The molecule has 4 aromatic rings. The van der Waals surface area contributed by atoms with Gasteiger partial charge in [-0.25, -0.2) is 9.69 Å². The zero-order chi connectivity index (χ0) is 29.7. The molecule has 2 amide bonds. The molecule has 0 saturated carbocycles. The van der Waals surface area contributed by atoms with E-state index < -0.39 is 0 Å². The summed E-state index contributed by atoms with van der Waals surface area (Å²) in [6.07, 6.45) is 1.74. The van der Waals surface area contributed by atoms with Crippen molar-refractivity contribution in [2.75, 3.05) is 56.8 Å². The Labute approximate surface area is 247 Å². The number of hydrogen-bond acceptors (Lipinski definition) is 6. The number of methoxy groups -OCH3 is 1. The highest BCUT2D eigenvalue weighted by Crippen LogP contribution is 2.35. The number of carbonyl (C=O) groups is 1. The van der Waals surface area contributed by atoms with Crippen molar-refractivity contribution in [1.29, 1.82) is 0 Å². The zero-order valence-corrected chi connectivity index (χ0v) is 25.1. The van der Waals surface area contributed by atoms with Crippen LogP contribution < -0.4 is 15.0 Å². The van der Waals surface area contributed by atoms with Crippen LogP contribution in [0.2, 0.25) is 0 Å². The fraction of sp³-hybridized carbons (Fsp3) is 0.394. The first-order valence-corrected chi connectivity index (χ1v) is 14.4. The van der Waals surface area contributed by atoms with Gasteiger partial charge in [-0.2, -0.15) is 5.10 Å². The molecule has 1 aromatic heterocycles. The van der Waals surface area contributed by atoms with Crippen LogP contribution in [0.1, 0.15) is 31.9 Å². The number of ether oxygens (including phenoxy) is 3. The number of nitrogens with one attached hydrogen (secondary N) is 2. The maximum Gasteiger partial charge on any atom is 0.332 e. The summed E-state index contributed by atoms with van der Waals surface area (Å²) in [4.78, 5) is 18.0. The summed E-state index contributed by atoms with van der Waals surface area (Å²) in [5.74, 6) is 1.37. The molecule has 42 heavy (non-hydrogen) atoms. The maximum atomic E-state index is 14.0. The molecule has 5 rings (SSSR count). The first-order chi connectivity index (χ1) is 20.2. The second-order valence-corrected chi connectivity index (χ2v) is 11.7. The molecular weight excluding hydrogens is 530 g/mol. The highest BCUT2D eigenvalue weighted by Gasteiger charge is 2.25. The van der Waals surface area contributed by atoms with Gasteiger partial charge < -0.3 is 19.5 Å². The minimum Gasteiger partial charge on any atom is -0.492 e. The molecule has 1 aliphatic rings. The smallest absolute Gasteiger partial charge is 0.332 e. The van der Waals surface area contributed by atoms with Crippen LogP contribution in [0.15, 0.2) is 66.9 Å². The van der Waals surface area contributed by atoms with Crippen molar-refractivity contribution < 1.29 is 19.0 Å². The molecule has 1 atom stereocenters. The fourth-order valence-electron chi connectivity index (χ4n) is 5.27. The summed E-state index contributed by atoms with van der Waals surface area (Å²) in [5.41, 5.74) is 3.55. The Morgan fingerprint density at radius 1 is 1.14 bits per heavy atom. The van der Waals surface area contributed by atoms with Crippen LogP contribution in [0.3, 0.4) is 0 Å². The van der Waals surface area contributed by atoms with Gasteiger partial charge in [0.2, 0.25) is 0 Å². The van der Waals surface area contributed by atoms with E-state index in [0.29, 0.717) is 31.3 Å². The lowest BCUT2D eigenvalue weighted by Crippen LogP contribution is -2.45. The summed E-state index contributed by atoms with van der Waals surface area (Å²) in [5, 5.41) is 12.1. The number of amides is 2. The van der Waals surface area contributed by atoms with Crippen molar-refractivity contribution in [3.05, 3.63) is 78.0 Å². The number of anilines is 3. The third-order valence-corrected chi connectivity index (χ3v) is 7.61. The minimum absolute atomic E-state index is 0.0714. The highest BCUT2D eigenvalue weighted by atomic mass is 16.5. The molecule has 1 unspecified atom stereocenters. The van der Waals surface area contributed by atoms with Crippen LogP contribution in [0, 0.1) is 6.92 Å². The molecule has 9 heteroatoms. The van der Waals surface area contributed by atoms with E-state index in [-0.39, 0.29) is 17.6 Å². The number of hydrogen-bond donors (Lipinski definition) is 2. The van der Waals surface area contributed by atoms with E-state index in [1.54, 1.807) is 24.3 Å². The third-order valence-electron chi connectivity index (χ3n) is 7.61. The van der Waals surface area contributed by atoms with Gasteiger partial charge in [0.15, 0.2) is 0 Å². The van der Waals surface area contributed by atoms with Gasteiger partial charge in [0.05, 0.1) is 36.9 Å². The topological polar surface area (TPSA) is 92.0 Å². The number of aryl methyl sites for hydroxylation is 1. The van der Waals surface area contributed by atoms with Gasteiger partial charge in [0.25, 0.3) is 0 Å². The number of H-pyrrole nitrogens is 1. The second-order valence-electron chi connectivity index (χ2n) is 11.7. The maximum absolute atomic E-state index is 14.0. The molecule has 2 heterocycles. The fourth-order valence-corrected chi connectivity index (χ4v) is 5.27. The Hall–Kier alpha value is -3.92. The number of fused-ring (bicyclic) bond motifs is 1. The third kappa shape index (κ3) is 6.75. The Morgan fingerprint density at radius 3 is 2.69 bits per heavy atom. The molecule has 1 fully saturated rings. The largest absolute Gasteiger partial charge is 0.492 e. The molecule has 0 spiro atoms. The normalized spacial score (nSPS) is 16.0. The highest BCUT2D eigenvalue weighted by molar-refractivity contribution is 6.11. The van der Waals surface area contributed by atoms with Crippen molar-refractivity contribution in [3.8, 4) is 5.75 Å². The van der Waals surface area contributed by atoms with Gasteiger partial charge in [-0.3, -0.25) is 10.00 Å². The van der Waals surface area contributed by atoms with Crippen molar-refractivity contribution in [2.45, 2.75) is 39.2 Å². The summed E-state index contributed by atoms with van der Waals surface area (Å²) >= 11 is 0. The van der Waals surface area contributed by atoms with Crippen molar-refractivity contribution in [3.63, 3.8) is 0 Å². The summed E-state index contributed by atoms with van der Waals surface area (Å²) in [6.45, 7) is 12.8. The van der Waals surface area contributed by atoms with Crippen LogP contribution >= 0.6 is 0 Å². The van der Waals surface area contributed by atoms with E-state index in [2.05, 4.69) is 59.4 Å². The van der Waals surface area contributed by atoms with Crippen LogP contribution in [0.4, 0.5) is 22.0 Å². The Kier molecular flexibility index (Phi) is 9.11.